The van der Waals surface area contributed by atoms with Gasteiger partial charge in [-0.15, -0.1) is 0 Å². The Hall–Kier alpha value is -1.75. The first kappa shape index (κ1) is 11.3. The zero-order chi connectivity index (χ0) is 11.6. The molecular weight excluding hydrogens is 222 g/mol. The quantitative estimate of drug-likeness (QED) is 0.395. The molecule has 6 heteroatoms. The first-order valence-electron chi connectivity index (χ1n) is 3.96. The molecule has 0 spiro atoms. The van der Waals surface area contributed by atoms with E-state index in [1.165, 1.54) is 7.05 Å². The molecule has 1 aromatic rings. The average Bonchev–Trinajstić information content (AvgIpc) is 2.24. The van der Waals surface area contributed by atoms with E-state index in [4.69, 9.17) is 16.7 Å². The second-order valence-corrected chi connectivity index (χ2v) is 3.08. The van der Waals surface area contributed by atoms with Gasteiger partial charge in [0.05, 0.1) is 10.6 Å². The van der Waals surface area contributed by atoms with Crippen LogP contribution >= 0.6 is 11.6 Å². The second kappa shape index (κ2) is 4.18. The Morgan fingerprint density at radius 1 is 1.33 bits per heavy atom. The summed E-state index contributed by atoms with van der Waals surface area (Å²) in [5.41, 5.74) is -0.161. The van der Waals surface area contributed by atoms with Gasteiger partial charge in [-0.3, -0.25) is 9.59 Å². The van der Waals surface area contributed by atoms with Crippen LogP contribution in [0.2, 0.25) is 5.02 Å². The van der Waals surface area contributed by atoms with Gasteiger partial charge in [-0.05, 0) is 12.1 Å². The number of carbonyl (C=O) groups excluding carboxylic acids is 2. The molecule has 15 heavy (non-hydrogen) atoms. The predicted molar refractivity (Wildman–Crippen MR) is 53.2 cm³/mol. The number of halogens is 1. The molecule has 1 aromatic carbocycles. The molecule has 0 radical (unpaired) electrons. The summed E-state index contributed by atoms with van der Waals surface area (Å²) in [4.78, 5) is 22.4. The number of phenols is 2. The Kier molecular flexibility index (Phi) is 3.16. The monoisotopic (exact) mass is 229 g/mol. The molecule has 0 bridgehead atoms. The van der Waals surface area contributed by atoms with E-state index in [9.17, 15) is 14.7 Å². The number of nitrogens with one attached hydrogen (secondary N) is 1. The minimum absolute atomic E-state index is 0.161. The minimum atomic E-state index is -0.877. The van der Waals surface area contributed by atoms with E-state index in [2.05, 4.69) is 5.32 Å². The maximum absolute atomic E-state index is 11.4. The van der Waals surface area contributed by atoms with Crippen molar-refractivity contribution in [3.05, 3.63) is 22.7 Å². The number of benzene rings is 1. The molecule has 1 amide bonds. The zero-order valence-corrected chi connectivity index (χ0v) is 8.50. The number of rotatable bonds is 2. The summed E-state index contributed by atoms with van der Waals surface area (Å²) < 4.78 is 0. The highest BCUT2D eigenvalue weighted by Crippen LogP contribution is 2.35. The molecule has 80 valence electrons. The van der Waals surface area contributed by atoms with Crippen molar-refractivity contribution >= 4 is 23.3 Å². The van der Waals surface area contributed by atoms with E-state index >= 15 is 0 Å². The fraction of sp³-hybridized carbons (Fsp3) is 0.111. The summed E-state index contributed by atoms with van der Waals surface area (Å²) in [5.74, 6) is -2.79. The number of carbonyl (C=O) groups is 2. The van der Waals surface area contributed by atoms with Crippen LogP contribution in [0.5, 0.6) is 11.5 Å². The number of phenolic OH excluding ortho intramolecular Hbond substituents is 2. The van der Waals surface area contributed by atoms with Gasteiger partial charge in [0.2, 0.25) is 0 Å². The number of ketones is 1. The summed E-state index contributed by atoms with van der Waals surface area (Å²) in [6.07, 6.45) is 0. The van der Waals surface area contributed by atoms with E-state index in [0.29, 0.717) is 0 Å². The fourth-order valence-electron chi connectivity index (χ4n) is 0.966. The highest BCUT2D eigenvalue weighted by Gasteiger charge is 2.20. The lowest BCUT2D eigenvalue weighted by molar-refractivity contribution is -0.116. The Balaban J connectivity index is 3.22. The van der Waals surface area contributed by atoms with Gasteiger partial charge in [0.15, 0.2) is 11.5 Å². The number of hydrogen-bond donors (Lipinski definition) is 3. The first-order chi connectivity index (χ1) is 6.99. The van der Waals surface area contributed by atoms with Crippen LogP contribution in [0.3, 0.4) is 0 Å². The maximum atomic E-state index is 11.4. The zero-order valence-electron chi connectivity index (χ0n) is 7.74. The normalized spacial score (nSPS) is 9.73. The third-order valence-corrected chi connectivity index (χ3v) is 2.16. The Labute approximate surface area is 90.3 Å². The standard InChI is InChI=1S/C9H8ClNO4/c1-11-9(15)7(13)4-2-3-5(12)8(14)6(4)10/h2-3,12,14H,1H3,(H,11,15). The number of aromatic hydroxyl groups is 2. The molecule has 0 aliphatic rings. The van der Waals surface area contributed by atoms with Crippen molar-refractivity contribution < 1.29 is 19.8 Å². The van der Waals surface area contributed by atoms with Gasteiger partial charge >= 0.3 is 0 Å². The number of hydrogen-bond acceptors (Lipinski definition) is 4. The Morgan fingerprint density at radius 2 is 1.93 bits per heavy atom. The third kappa shape index (κ3) is 2.02. The Morgan fingerprint density at radius 3 is 2.47 bits per heavy atom. The molecule has 5 nitrogen and oxygen atoms in total. The highest BCUT2D eigenvalue weighted by molar-refractivity contribution is 6.47. The van der Waals surface area contributed by atoms with Gasteiger partial charge in [-0.25, -0.2) is 0 Å². The molecule has 0 saturated carbocycles. The summed E-state index contributed by atoms with van der Waals surface area (Å²) in [7, 11) is 1.30. The summed E-state index contributed by atoms with van der Waals surface area (Å²) in [6.45, 7) is 0. The molecular formula is C9H8ClNO4. The maximum Gasteiger partial charge on any atom is 0.292 e. The van der Waals surface area contributed by atoms with E-state index < -0.39 is 23.2 Å². The summed E-state index contributed by atoms with van der Waals surface area (Å²) in [5, 5.41) is 20.1. The van der Waals surface area contributed by atoms with Gasteiger partial charge in [0.1, 0.15) is 0 Å². The molecule has 0 saturated heterocycles. The average molecular weight is 230 g/mol. The van der Waals surface area contributed by atoms with Crippen LogP contribution in [0.25, 0.3) is 0 Å². The predicted octanol–water partition coefficient (Wildman–Crippen LogP) is 0.680. The van der Waals surface area contributed by atoms with Crippen LogP contribution in [-0.2, 0) is 4.79 Å². The van der Waals surface area contributed by atoms with Crippen molar-refractivity contribution in [3.63, 3.8) is 0 Å². The van der Waals surface area contributed by atoms with Gasteiger partial charge in [0, 0.05) is 7.05 Å². The SMILES string of the molecule is CNC(=O)C(=O)c1ccc(O)c(O)c1Cl. The molecule has 0 aliphatic carbocycles. The van der Waals surface area contributed by atoms with E-state index in [0.717, 1.165) is 12.1 Å². The first-order valence-corrected chi connectivity index (χ1v) is 4.33. The third-order valence-electron chi connectivity index (χ3n) is 1.77. The van der Waals surface area contributed by atoms with Crippen LogP contribution in [0, 0.1) is 0 Å². The molecule has 0 fully saturated rings. The molecule has 0 atom stereocenters. The van der Waals surface area contributed by atoms with Crippen LogP contribution < -0.4 is 5.32 Å². The lowest BCUT2D eigenvalue weighted by Gasteiger charge is -2.05. The highest BCUT2D eigenvalue weighted by atomic mass is 35.5. The molecule has 0 unspecified atom stereocenters. The van der Waals surface area contributed by atoms with Crippen LogP contribution in [0.1, 0.15) is 10.4 Å². The Bertz CT molecular complexity index is 430. The number of amides is 1. The summed E-state index contributed by atoms with van der Waals surface area (Å²) >= 11 is 5.58. The molecule has 0 aromatic heterocycles. The van der Waals surface area contributed by atoms with E-state index in [1.54, 1.807) is 0 Å². The summed E-state index contributed by atoms with van der Waals surface area (Å²) in [6, 6.07) is 2.24. The molecule has 3 N–H and O–H groups in total. The van der Waals surface area contributed by atoms with Crippen molar-refractivity contribution in [3.8, 4) is 11.5 Å². The number of likely N-dealkylation sites (N-methyl/N-ethyl adjacent to an activating group) is 1. The number of Topliss-reactive ketones (excluding diaryl/α,β-unsaturated/α-hetero) is 1. The van der Waals surface area contributed by atoms with Crippen molar-refractivity contribution in [2.75, 3.05) is 7.05 Å². The van der Waals surface area contributed by atoms with Gasteiger partial charge in [-0.2, -0.15) is 0 Å². The lowest BCUT2D eigenvalue weighted by Crippen LogP contribution is -2.27. The minimum Gasteiger partial charge on any atom is -0.504 e. The fourth-order valence-corrected chi connectivity index (χ4v) is 1.21. The van der Waals surface area contributed by atoms with Gasteiger partial charge in [-0.1, -0.05) is 11.6 Å². The largest absolute Gasteiger partial charge is 0.504 e. The van der Waals surface area contributed by atoms with Crippen LogP contribution in [0.15, 0.2) is 12.1 Å². The smallest absolute Gasteiger partial charge is 0.292 e. The molecule has 1 rings (SSSR count). The van der Waals surface area contributed by atoms with Gasteiger partial charge in [0.25, 0.3) is 11.7 Å². The topological polar surface area (TPSA) is 86.6 Å². The second-order valence-electron chi connectivity index (χ2n) is 2.70. The lowest BCUT2D eigenvalue weighted by atomic mass is 10.1. The van der Waals surface area contributed by atoms with Crippen molar-refractivity contribution in [2.24, 2.45) is 0 Å². The van der Waals surface area contributed by atoms with E-state index in [1.807, 2.05) is 0 Å². The van der Waals surface area contributed by atoms with Crippen LogP contribution in [-0.4, -0.2) is 29.0 Å². The van der Waals surface area contributed by atoms with Crippen LogP contribution in [0.4, 0.5) is 0 Å². The van der Waals surface area contributed by atoms with E-state index in [-0.39, 0.29) is 10.6 Å². The van der Waals surface area contributed by atoms with Crippen molar-refractivity contribution in [2.45, 2.75) is 0 Å². The van der Waals surface area contributed by atoms with Crippen molar-refractivity contribution in [1.29, 1.82) is 0 Å². The van der Waals surface area contributed by atoms with Crippen molar-refractivity contribution in [1.82, 2.24) is 5.32 Å². The molecule has 0 heterocycles. The van der Waals surface area contributed by atoms with Gasteiger partial charge < -0.3 is 15.5 Å². The molecule has 0 aliphatic heterocycles.